The van der Waals surface area contributed by atoms with Gasteiger partial charge in [-0.1, -0.05) is 48.5 Å². The van der Waals surface area contributed by atoms with E-state index in [1.807, 2.05) is 60.8 Å². The average Bonchev–Trinajstić information content (AvgIpc) is 3.23. The number of amides is 3. The van der Waals surface area contributed by atoms with Crippen LogP contribution >= 0.6 is 0 Å². The van der Waals surface area contributed by atoms with Gasteiger partial charge in [-0.15, -0.1) is 0 Å². The second-order valence-corrected chi connectivity index (χ2v) is 9.77. The normalized spacial score (nSPS) is 13.3. The van der Waals surface area contributed by atoms with E-state index in [-0.39, 0.29) is 12.3 Å². The summed E-state index contributed by atoms with van der Waals surface area (Å²) in [4.78, 5) is 42.4. The number of aromatic nitrogens is 1. The van der Waals surface area contributed by atoms with E-state index in [1.165, 1.54) is 5.01 Å². The number of nitrogens with one attached hydrogen (secondary N) is 4. The van der Waals surface area contributed by atoms with Crippen LogP contribution in [0.15, 0.2) is 60.8 Å². The first kappa shape index (κ1) is 26.9. The van der Waals surface area contributed by atoms with Crippen molar-refractivity contribution in [3.8, 4) is 0 Å². The highest BCUT2D eigenvalue weighted by Crippen LogP contribution is 2.19. The van der Waals surface area contributed by atoms with Gasteiger partial charge in [0.05, 0.1) is 5.54 Å². The number of hydrazine groups is 1. The van der Waals surface area contributed by atoms with Crippen molar-refractivity contribution < 1.29 is 14.4 Å². The lowest BCUT2D eigenvalue weighted by molar-refractivity contribution is -0.134. The lowest BCUT2D eigenvalue weighted by Gasteiger charge is -2.26. The van der Waals surface area contributed by atoms with Crippen LogP contribution in [-0.4, -0.2) is 59.4 Å². The molecule has 2 aromatic carbocycles. The molecule has 0 aliphatic rings. The molecule has 6 N–H and O–H groups in total. The largest absolute Gasteiger partial charge is 0.361 e. The fourth-order valence-corrected chi connectivity index (χ4v) is 3.87. The van der Waals surface area contributed by atoms with Crippen LogP contribution in [0.2, 0.25) is 0 Å². The number of H-pyrrole nitrogens is 1. The van der Waals surface area contributed by atoms with Crippen LogP contribution in [0.25, 0.3) is 10.9 Å². The van der Waals surface area contributed by atoms with Crippen molar-refractivity contribution in [2.45, 2.75) is 50.7 Å². The van der Waals surface area contributed by atoms with Gasteiger partial charge in [-0.25, -0.2) is 5.01 Å². The molecule has 36 heavy (non-hydrogen) atoms. The number of nitrogens with zero attached hydrogens (tertiary/aromatic N) is 1. The minimum atomic E-state index is -1.17. The van der Waals surface area contributed by atoms with Crippen molar-refractivity contribution in [2.24, 2.45) is 5.73 Å². The Balaban J connectivity index is 1.82. The number of fused-ring (bicyclic) bond motifs is 1. The van der Waals surface area contributed by atoms with Crippen LogP contribution in [0.3, 0.4) is 0 Å². The summed E-state index contributed by atoms with van der Waals surface area (Å²) < 4.78 is 0. The van der Waals surface area contributed by atoms with E-state index in [1.54, 1.807) is 27.9 Å². The molecule has 0 saturated heterocycles. The summed E-state index contributed by atoms with van der Waals surface area (Å²) in [7, 11) is 3.41. The number of benzene rings is 2. The maximum atomic E-state index is 13.5. The summed E-state index contributed by atoms with van der Waals surface area (Å²) in [6.07, 6.45) is 3.06. The first-order valence-corrected chi connectivity index (χ1v) is 12.0. The molecule has 0 radical (unpaired) electrons. The van der Waals surface area contributed by atoms with Crippen molar-refractivity contribution in [1.82, 2.24) is 26.1 Å². The monoisotopic (exact) mass is 492 g/mol. The highest BCUT2D eigenvalue weighted by molar-refractivity contribution is 5.94. The Morgan fingerprint density at radius 1 is 0.944 bits per heavy atom. The van der Waals surface area contributed by atoms with E-state index in [0.717, 1.165) is 22.0 Å². The maximum Gasteiger partial charge on any atom is 0.256 e. The Labute approximate surface area is 211 Å². The van der Waals surface area contributed by atoms with Crippen LogP contribution in [0.5, 0.6) is 0 Å². The van der Waals surface area contributed by atoms with Gasteiger partial charge < -0.3 is 21.4 Å². The zero-order chi connectivity index (χ0) is 26.3. The number of hydrogen-bond donors (Lipinski definition) is 5. The molecule has 0 spiro atoms. The van der Waals surface area contributed by atoms with Crippen molar-refractivity contribution >= 4 is 28.6 Å². The quantitative estimate of drug-likeness (QED) is 0.260. The van der Waals surface area contributed by atoms with Crippen LogP contribution in [-0.2, 0) is 27.2 Å². The number of aryl methyl sites for hydroxylation is 1. The van der Waals surface area contributed by atoms with Crippen LogP contribution in [0.1, 0.15) is 31.4 Å². The van der Waals surface area contributed by atoms with Crippen LogP contribution in [0, 0.1) is 0 Å². The molecule has 0 saturated carbocycles. The van der Waals surface area contributed by atoms with E-state index in [9.17, 15) is 14.4 Å². The Bertz CT molecular complexity index is 1180. The van der Waals surface area contributed by atoms with Gasteiger partial charge in [0.1, 0.15) is 12.1 Å². The zero-order valence-electron chi connectivity index (χ0n) is 21.3. The molecule has 1 heterocycles. The molecule has 0 bridgehead atoms. The molecule has 192 valence electrons. The molecular formula is C27H36N6O3. The first-order chi connectivity index (χ1) is 17.0. The summed E-state index contributed by atoms with van der Waals surface area (Å²) in [5.41, 5.74) is 10.4. The van der Waals surface area contributed by atoms with E-state index in [0.29, 0.717) is 12.8 Å². The van der Waals surface area contributed by atoms with Crippen molar-refractivity contribution in [3.63, 3.8) is 0 Å². The van der Waals surface area contributed by atoms with Gasteiger partial charge in [0.15, 0.2) is 0 Å². The third-order valence-corrected chi connectivity index (χ3v) is 5.84. The molecule has 3 aromatic rings. The number of rotatable bonds is 11. The fourth-order valence-electron chi connectivity index (χ4n) is 3.87. The second-order valence-electron chi connectivity index (χ2n) is 9.77. The van der Waals surface area contributed by atoms with E-state index in [2.05, 4.69) is 21.0 Å². The molecule has 3 rings (SSSR count). The Morgan fingerprint density at radius 2 is 1.61 bits per heavy atom. The summed E-state index contributed by atoms with van der Waals surface area (Å²) in [6.45, 7) is 3.16. The number of carbonyl (C=O) groups is 3. The average molecular weight is 493 g/mol. The lowest BCUT2D eigenvalue weighted by Crippen LogP contribution is -2.59. The highest BCUT2D eigenvalue weighted by Gasteiger charge is 2.31. The van der Waals surface area contributed by atoms with Gasteiger partial charge in [0.2, 0.25) is 11.8 Å². The number of nitrogens with two attached hydrogens (primary N) is 1. The van der Waals surface area contributed by atoms with E-state index in [4.69, 9.17) is 5.73 Å². The first-order valence-electron chi connectivity index (χ1n) is 12.0. The predicted octanol–water partition coefficient (Wildman–Crippen LogP) is 1.64. The minimum Gasteiger partial charge on any atom is -0.361 e. The van der Waals surface area contributed by atoms with Crippen molar-refractivity contribution in [2.75, 3.05) is 14.1 Å². The Morgan fingerprint density at radius 3 is 2.28 bits per heavy atom. The molecule has 1 aromatic heterocycles. The maximum absolute atomic E-state index is 13.5. The van der Waals surface area contributed by atoms with Gasteiger partial charge in [0.25, 0.3) is 5.91 Å². The number of aromatic amines is 1. The molecule has 0 fully saturated rings. The Kier molecular flexibility index (Phi) is 8.84. The summed E-state index contributed by atoms with van der Waals surface area (Å²) >= 11 is 0. The SMILES string of the molecule is CN(C)NC(=O)[C@@H](CCc1ccccc1)NC(=O)[C@@H](Cc1c[nH]c2ccccc12)NC(=O)C(C)(C)N. The molecule has 9 heteroatoms. The summed E-state index contributed by atoms with van der Waals surface area (Å²) in [5, 5.41) is 8.15. The second kappa shape index (κ2) is 11.8. The van der Waals surface area contributed by atoms with Crippen LogP contribution in [0.4, 0.5) is 0 Å². The van der Waals surface area contributed by atoms with Crippen molar-refractivity contribution in [3.05, 3.63) is 71.9 Å². The van der Waals surface area contributed by atoms with Crippen LogP contribution < -0.4 is 21.8 Å². The summed E-state index contributed by atoms with van der Waals surface area (Å²) in [6, 6.07) is 15.8. The van der Waals surface area contributed by atoms with Gasteiger partial charge in [-0.2, -0.15) is 0 Å². The zero-order valence-corrected chi connectivity index (χ0v) is 21.3. The van der Waals surface area contributed by atoms with Gasteiger partial charge in [-0.3, -0.25) is 19.8 Å². The number of hydrogen-bond acceptors (Lipinski definition) is 5. The number of carbonyl (C=O) groups excluding carboxylic acids is 3. The van der Waals surface area contributed by atoms with E-state index >= 15 is 0 Å². The molecule has 0 aliphatic heterocycles. The highest BCUT2D eigenvalue weighted by atomic mass is 16.2. The smallest absolute Gasteiger partial charge is 0.256 e. The van der Waals surface area contributed by atoms with Crippen molar-refractivity contribution in [1.29, 1.82) is 0 Å². The van der Waals surface area contributed by atoms with E-state index < -0.39 is 29.4 Å². The summed E-state index contributed by atoms with van der Waals surface area (Å²) in [5.74, 6) is -1.24. The third-order valence-electron chi connectivity index (χ3n) is 5.84. The lowest BCUT2D eigenvalue weighted by atomic mass is 10.00. The minimum absolute atomic E-state index is 0.234. The fraction of sp³-hybridized carbons (Fsp3) is 0.370. The third kappa shape index (κ3) is 7.40. The predicted molar refractivity (Wildman–Crippen MR) is 141 cm³/mol. The topological polar surface area (TPSA) is 132 Å². The van der Waals surface area contributed by atoms with Gasteiger partial charge in [-0.05, 0) is 43.9 Å². The Hall–Kier alpha value is -3.69. The standard InChI is InChI=1S/C27H36N6O3/c1-27(2,28)26(36)31-23(16-19-17-29-21-13-9-8-12-20(19)21)24(34)30-22(25(35)32-33(3)4)15-14-18-10-6-5-7-11-18/h5-13,17,22-23,29H,14-16,28H2,1-4H3,(H,30,34)(H,31,36)(H,32,35)/t22-,23-/m1/s1. The molecule has 2 atom stereocenters. The van der Waals surface area contributed by atoms with Gasteiger partial charge >= 0.3 is 0 Å². The molecular weight excluding hydrogens is 456 g/mol. The number of para-hydroxylation sites is 1. The molecule has 3 amide bonds. The molecule has 9 nitrogen and oxygen atoms in total. The molecule has 0 aliphatic carbocycles. The van der Waals surface area contributed by atoms with Gasteiger partial charge in [0, 0.05) is 37.6 Å². The molecule has 0 unspecified atom stereocenters.